The van der Waals surface area contributed by atoms with Crippen molar-refractivity contribution < 1.29 is 9.21 Å². The van der Waals surface area contributed by atoms with Crippen LogP contribution in [0.1, 0.15) is 35.5 Å². The first-order chi connectivity index (χ1) is 9.28. The second-order valence-electron chi connectivity index (χ2n) is 4.55. The largest absolute Gasteiger partial charge is 0.423 e. The lowest BCUT2D eigenvalue weighted by molar-refractivity contribution is 0.0979. The molecule has 0 fully saturated rings. The van der Waals surface area contributed by atoms with Crippen LogP contribution in [0.3, 0.4) is 0 Å². The molecule has 1 aromatic heterocycles. The molecule has 0 atom stereocenters. The molecule has 19 heavy (non-hydrogen) atoms. The molecule has 0 saturated carbocycles. The number of carbonyl (C=O) groups is 1. The van der Waals surface area contributed by atoms with Gasteiger partial charge in [-0.2, -0.15) is 0 Å². The van der Waals surface area contributed by atoms with Crippen LogP contribution in [0.15, 0.2) is 28.7 Å². The highest BCUT2D eigenvalue weighted by atomic mass is 16.4. The highest BCUT2D eigenvalue weighted by Gasteiger charge is 2.23. The number of rotatable bonds is 3. The number of benzene rings is 1. The molecule has 5 heteroatoms. The van der Waals surface area contributed by atoms with Gasteiger partial charge in [0.2, 0.25) is 11.8 Å². The molecule has 1 aliphatic rings. The van der Waals surface area contributed by atoms with E-state index in [4.69, 9.17) is 4.42 Å². The normalized spacial score (nSPS) is 14.6. The fourth-order valence-corrected chi connectivity index (χ4v) is 2.30. The third-order valence-electron chi connectivity index (χ3n) is 3.29. The maximum Gasteiger partial charge on any atom is 0.235 e. The molecule has 2 aromatic rings. The van der Waals surface area contributed by atoms with Crippen LogP contribution in [-0.4, -0.2) is 22.5 Å². The molecule has 2 heterocycles. The highest BCUT2D eigenvalue weighted by Crippen LogP contribution is 2.27. The van der Waals surface area contributed by atoms with Gasteiger partial charge in [0.05, 0.1) is 6.54 Å². The van der Waals surface area contributed by atoms with E-state index >= 15 is 0 Å². The molecule has 0 radical (unpaired) electrons. The van der Waals surface area contributed by atoms with Gasteiger partial charge in [-0.3, -0.25) is 4.79 Å². The zero-order chi connectivity index (χ0) is 13.2. The molecular formula is C14H15N3O2. The number of aryl methyl sites for hydroxylation is 1. The Kier molecular flexibility index (Phi) is 3.03. The Hall–Kier alpha value is -2.17. The number of Topliss-reactive ketones (excluding diaryl/α,β-unsaturated/α-hetero) is 1. The molecule has 0 N–H and O–H groups in total. The van der Waals surface area contributed by atoms with E-state index in [0.717, 1.165) is 17.7 Å². The highest BCUT2D eigenvalue weighted by molar-refractivity contribution is 6.03. The average molecular weight is 257 g/mol. The van der Waals surface area contributed by atoms with E-state index in [2.05, 4.69) is 15.1 Å². The van der Waals surface area contributed by atoms with Gasteiger partial charge in [-0.25, -0.2) is 0 Å². The number of hydrogen-bond donors (Lipinski definition) is 0. The second-order valence-corrected chi connectivity index (χ2v) is 4.55. The molecule has 0 aliphatic carbocycles. The van der Waals surface area contributed by atoms with E-state index in [-0.39, 0.29) is 5.78 Å². The number of para-hydroxylation sites is 1. The van der Waals surface area contributed by atoms with Crippen molar-refractivity contribution in [3.8, 4) is 0 Å². The number of aromatic nitrogens is 2. The molecule has 3 rings (SSSR count). The van der Waals surface area contributed by atoms with Crippen molar-refractivity contribution in [2.75, 3.05) is 11.4 Å². The standard InChI is InChI=1S/C14H15N3O2/c1-2-13-15-16-14(19-13)9-17-8-7-12(18)10-5-3-4-6-11(10)17/h3-6H,2,7-9H2,1H3. The van der Waals surface area contributed by atoms with E-state index in [1.165, 1.54) is 0 Å². The number of carbonyl (C=O) groups excluding carboxylic acids is 1. The van der Waals surface area contributed by atoms with Gasteiger partial charge in [-0.05, 0) is 12.1 Å². The Morgan fingerprint density at radius 2 is 2.05 bits per heavy atom. The quantitative estimate of drug-likeness (QED) is 0.843. The third kappa shape index (κ3) is 2.23. The van der Waals surface area contributed by atoms with Crippen molar-refractivity contribution in [3.63, 3.8) is 0 Å². The summed E-state index contributed by atoms with van der Waals surface area (Å²) < 4.78 is 5.53. The summed E-state index contributed by atoms with van der Waals surface area (Å²) in [4.78, 5) is 14.0. The lowest BCUT2D eigenvalue weighted by Gasteiger charge is -2.29. The summed E-state index contributed by atoms with van der Waals surface area (Å²) in [6.45, 7) is 3.23. The van der Waals surface area contributed by atoms with Gasteiger partial charge in [0.15, 0.2) is 5.78 Å². The van der Waals surface area contributed by atoms with E-state index in [1.54, 1.807) is 0 Å². The van der Waals surface area contributed by atoms with Crippen molar-refractivity contribution in [1.82, 2.24) is 10.2 Å². The van der Waals surface area contributed by atoms with Crippen LogP contribution in [0.5, 0.6) is 0 Å². The van der Waals surface area contributed by atoms with Gasteiger partial charge in [0.25, 0.3) is 0 Å². The molecule has 0 bridgehead atoms. The Labute approximate surface area is 111 Å². The summed E-state index contributed by atoms with van der Waals surface area (Å²) in [5.74, 6) is 1.45. The fraction of sp³-hybridized carbons (Fsp3) is 0.357. The lowest BCUT2D eigenvalue weighted by Crippen LogP contribution is -2.31. The minimum absolute atomic E-state index is 0.201. The fourth-order valence-electron chi connectivity index (χ4n) is 2.30. The number of ketones is 1. The van der Waals surface area contributed by atoms with E-state index < -0.39 is 0 Å². The summed E-state index contributed by atoms with van der Waals surface area (Å²) in [7, 11) is 0. The second kappa shape index (κ2) is 4.84. The Morgan fingerprint density at radius 3 is 2.84 bits per heavy atom. The predicted molar refractivity (Wildman–Crippen MR) is 70.1 cm³/mol. The van der Waals surface area contributed by atoms with Crippen LogP contribution < -0.4 is 4.90 Å². The minimum atomic E-state index is 0.201. The zero-order valence-corrected chi connectivity index (χ0v) is 10.8. The Morgan fingerprint density at radius 1 is 1.26 bits per heavy atom. The summed E-state index contributed by atoms with van der Waals surface area (Å²) in [5, 5.41) is 7.99. The summed E-state index contributed by atoms with van der Waals surface area (Å²) in [6, 6.07) is 7.66. The predicted octanol–water partition coefficient (Wildman–Crippen LogP) is 2.23. The molecular weight excluding hydrogens is 242 g/mol. The zero-order valence-electron chi connectivity index (χ0n) is 10.8. The van der Waals surface area contributed by atoms with Crippen molar-refractivity contribution in [1.29, 1.82) is 0 Å². The van der Waals surface area contributed by atoms with Gasteiger partial charge < -0.3 is 9.32 Å². The average Bonchev–Trinajstić information content (AvgIpc) is 2.90. The number of anilines is 1. The molecule has 0 saturated heterocycles. The van der Waals surface area contributed by atoms with Crippen LogP contribution in [0.25, 0.3) is 0 Å². The lowest BCUT2D eigenvalue weighted by atomic mass is 10.0. The first-order valence-electron chi connectivity index (χ1n) is 6.46. The van der Waals surface area contributed by atoms with Crippen molar-refractivity contribution >= 4 is 11.5 Å². The van der Waals surface area contributed by atoms with Crippen molar-refractivity contribution in [2.45, 2.75) is 26.3 Å². The molecule has 1 aliphatic heterocycles. The van der Waals surface area contributed by atoms with Gasteiger partial charge in [0.1, 0.15) is 0 Å². The topological polar surface area (TPSA) is 59.2 Å². The van der Waals surface area contributed by atoms with E-state index in [9.17, 15) is 4.79 Å². The monoisotopic (exact) mass is 257 g/mol. The Bertz CT molecular complexity index is 606. The van der Waals surface area contributed by atoms with Gasteiger partial charge in [0, 0.05) is 30.6 Å². The van der Waals surface area contributed by atoms with E-state index in [1.807, 2.05) is 31.2 Å². The van der Waals surface area contributed by atoms with Crippen LogP contribution in [0.4, 0.5) is 5.69 Å². The first-order valence-corrected chi connectivity index (χ1v) is 6.46. The minimum Gasteiger partial charge on any atom is -0.423 e. The molecule has 0 amide bonds. The maximum atomic E-state index is 11.9. The summed E-state index contributed by atoms with van der Waals surface area (Å²) in [6.07, 6.45) is 1.27. The third-order valence-corrected chi connectivity index (χ3v) is 3.29. The van der Waals surface area contributed by atoms with Crippen LogP contribution in [0.2, 0.25) is 0 Å². The first kappa shape index (κ1) is 11.9. The Balaban J connectivity index is 1.86. The SMILES string of the molecule is CCc1nnc(CN2CCC(=O)c3ccccc32)o1. The molecule has 0 unspecified atom stereocenters. The molecule has 5 nitrogen and oxygen atoms in total. The number of fused-ring (bicyclic) bond motifs is 1. The van der Waals surface area contributed by atoms with Crippen molar-refractivity contribution in [3.05, 3.63) is 41.6 Å². The van der Waals surface area contributed by atoms with Crippen LogP contribution >= 0.6 is 0 Å². The van der Waals surface area contributed by atoms with Gasteiger partial charge in [-0.15, -0.1) is 10.2 Å². The van der Waals surface area contributed by atoms with Gasteiger partial charge >= 0.3 is 0 Å². The summed E-state index contributed by atoms with van der Waals surface area (Å²) in [5.41, 5.74) is 1.74. The molecule has 1 aromatic carbocycles. The molecule has 98 valence electrons. The molecule has 0 spiro atoms. The van der Waals surface area contributed by atoms with Crippen LogP contribution in [0, 0.1) is 0 Å². The number of hydrogen-bond acceptors (Lipinski definition) is 5. The van der Waals surface area contributed by atoms with Crippen LogP contribution in [-0.2, 0) is 13.0 Å². The summed E-state index contributed by atoms with van der Waals surface area (Å²) >= 11 is 0. The smallest absolute Gasteiger partial charge is 0.235 e. The van der Waals surface area contributed by atoms with Crippen molar-refractivity contribution in [2.24, 2.45) is 0 Å². The number of nitrogens with zero attached hydrogens (tertiary/aromatic N) is 3. The van der Waals surface area contributed by atoms with E-state index in [0.29, 0.717) is 31.3 Å². The maximum absolute atomic E-state index is 11.9. The van der Waals surface area contributed by atoms with Gasteiger partial charge in [-0.1, -0.05) is 19.1 Å².